The van der Waals surface area contributed by atoms with E-state index in [-0.39, 0.29) is 18.0 Å². The maximum Gasteiger partial charge on any atom is 0.234 e. The molecule has 3 atom stereocenters. The van der Waals surface area contributed by atoms with Crippen molar-refractivity contribution in [2.24, 2.45) is 16.8 Å². The highest BCUT2D eigenvalue weighted by Gasteiger charge is 2.37. The van der Waals surface area contributed by atoms with Crippen LogP contribution in [0.5, 0.6) is 0 Å². The van der Waals surface area contributed by atoms with Crippen molar-refractivity contribution in [1.29, 1.82) is 0 Å². The van der Waals surface area contributed by atoms with Gasteiger partial charge in [-0.15, -0.1) is 16.5 Å². The van der Waals surface area contributed by atoms with Gasteiger partial charge in [0.25, 0.3) is 0 Å². The number of amides is 1. The van der Waals surface area contributed by atoms with Gasteiger partial charge in [-0.25, -0.2) is 0 Å². The second kappa shape index (κ2) is 10.4. The van der Waals surface area contributed by atoms with E-state index < -0.39 is 24.2 Å². The molecule has 0 spiro atoms. The highest BCUT2D eigenvalue weighted by atomic mass is 35.5. The molecule has 0 aliphatic carbocycles. The van der Waals surface area contributed by atoms with E-state index in [1.165, 1.54) is 0 Å². The van der Waals surface area contributed by atoms with Gasteiger partial charge in [0.2, 0.25) is 5.91 Å². The summed E-state index contributed by atoms with van der Waals surface area (Å²) in [5, 5.41) is 21.5. The molecule has 0 bridgehead atoms. The molecule has 3 unspecified atom stereocenters. The molecule has 2 aliphatic rings. The molecule has 30 heavy (non-hydrogen) atoms. The molecular weight excluding hydrogens is 412 g/mol. The fourth-order valence-corrected chi connectivity index (χ4v) is 3.99. The van der Waals surface area contributed by atoms with Gasteiger partial charge in [0.1, 0.15) is 5.92 Å². The Hall–Kier alpha value is -1.89. The zero-order chi connectivity index (χ0) is 21.7. The van der Waals surface area contributed by atoms with Crippen molar-refractivity contribution in [2.75, 3.05) is 56.6 Å². The number of alkyl halides is 1. The molecule has 0 radical (unpaired) electrons. The summed E-state index contributed by atoms with van der Waals surface area (Å²) < 4.78 is 0. The Morgan fingerprint density at radius 1 is 1.47 bits per heavy atom. The first-order valence-corrected chi connectivity index (χ1v) is 10.4. The Balaban J connectivity index is 1.77. The molecule has 3 rings (SSSR count). The van der Waals surface area contributed by atoms with Crippen molar-refractivity contribution in [3.8, 4) is 0 Å². The number of nitrogens with one attached hydrogen (secondary N) is 3. The Morgan fingerprint density at radius 3 is 2.87 bits per heavy atom. The van der Waals surface area contributed by atoms with E-state index in [0.717, 1.165) is 18.8 Å². The van der Waals surface area contributed by atoms with Gasteiger partial charge in [-0.2, -0.15) is 0 Å². The molecule has 2 fully saturated rings. The first-order valence-electron chi connectivity index (χ1n) is 9.94. The summed E-state index contributed by atoms with van der Waals surface area (Å²) in [6.45, 7) is 3.14. The highest BCUT2D eigenvalue weighted by molar-refractivity contribution is 6.21. The summed E-state index contributed by atoms with van der Waals surface area (Å²) >= 11 is 6.07. The first kappa shape index (κ1) is 22.8. The minimum absolute atomic E-state index is 0.00459. The Bertz CT molecular complexity index is 733. The Morgan fingerprint density at radius 2 is 2.20 bits per heavy atom. The van der Waals surface area contributed by atoms with Gasteiger partial charge in [-0.05, 0) is 13.1 Å². The minimum atomic E-state index is -1.23. The summed E-state index contributed by atoms with van der Waals surface area (Å²) in [7, 11) is 1.97. The molecule has 1 aromatic heterocycles. The van der Waals surface area contributed by atoms with Crippen LogP contribution >= 0.6 is 11.6 Å². The monoisotopic (exact) mass is 440 g/mol. The van der Waals surface area contributed by atoms with Crippen molar-refractivity contribution in [3.05, 3.63) is 23.4 Å². The highest BCUT2D eigenvalue weighted by Crippen LogP contribution is 2.28. The lowest BCUT2D eigenvalue weighted by atomic mass is 9.99. The smallest absolute Gasteiger partial charge is 0.234 e. The van der Waals surface area contributed by atoms with Crippen molar-refractivity contribution in [3.63, 3.8) is 0 Å². The lowest BCUT2D eigenvalue weighted by Crippen LogP contribution is -2.62. The number of carbonyl (C=O) groups excluding carboxylic acids is 1. The number of likely N-dealkylation sites (N-methyl/N-ethyl adjacent to an activating group) is 1. The Kier molecular flexibility index (Phi) is 7.92. The molecule has 1 amide bonds. The fraction of sp³-hybridized carbons (Fsp3) is 0.667. The van der Waals surface area contributed by atoms with E-state index >= 15 is 0 Å². The molecule has 0 saturated carbocycles. The third-order valence-electron chi connectivity index (χ3n) is 5.65. The van der Waals surface area contributed by atoms with E-state index in [1.807, 2.05) is 13.1 Å². The summed E-state index contributed by atoms with van der Waals surface area (Å²) in [6, 6.07) is 1.81. The maximum atomic E-state index is 13.1. The number of aliphatic hydroxyl groups excluding tert-OH is 1. The van der Waals surface area contributed by atoms with Crippen LogP contribution in [0.2, 0.25) is 0 Å². The van der Waals surface area contributed by atoms with Gasteiger partial charge < -0.3 is 21.1 Å². The molecular formula is C18H29ClN8O3. The van der Waals surface area contributed by atoms with Crippen LogP contribution in [-0.4, -0.2) is 91.0 Å². The molecule has 11 nitrogen and oxygen atoms in total. The van der Waals surface area contributed by atoms with Crippen LogP contribution in [0, 0.1) is 10.8 Å². The average molecular weight is 441 g/mol. The summed E-state index contributed by atoms with van der Waals surface area (Å²) in [5.74, 6) is -1.38. The predicted molar refractivity (Wildman–Crippen MR) is 115 cm³/mol. The molecule has 2 aliphatic heterocycles. The van der Waals surface area contributed by atoms with E-state index in [9.17, 15) is 14.8 Å². The SMILES string of the molecule is CN1CCN(c2ccncc2NC(=O)C(C(N)N=O)C2NCC(Cl)CN2)CC1CO. The number of rotatable bonds is 7. The zero-order valence-corrected chi connectivity index (χ0v) is 17.6. The normalized spacial score (nSPS) is 27.3. The van der Waals surface area contributed by atoms with Crippen LogP contribution < -0.4 is 26.6 Å². The van der Waals surface area contributed by atoms with Gasteiger partial charge >= 0.3 is 0 Å². The Labute approximate surface area is 180 Å². The predicted octanol–water partition coefficient (Wildman–Crippen LogP) is -1.07. The largest absolute Gasteiger partial charge is 0.395 e. The number of nitrogens with two attached hydrogens (primary N) is 1. The molecule has 0 aromatic carbocycles. The van der Waals surface area contributed by atoms with Crippen LogP contribution in [0.25, 0.3) is 0 Å². The summed E-state index contributed by atoms with van der Waals surface area (Å²) in [6.07, 6.45) is 1.45. The molecule has 166 valence electrons. The number of anilines is 2. The number of piperazine rings is 1. The van der Waals surface area contributed by atoms with Crippen molar-refractivity contribution in [1.82, 2.24) is 20.5 Å². The second-order valence-electron chi connectivity index (χ2n) is 7.66. The van der Waals surface area contributed by atoms with Crippen molar-refractivity contribution in [2.45, 2.75) is 23.8 Å². The van der Waals surface area contributed by atoms with E-state index in [2.05, 4.69) is 35.9 Å². The number of hydrogen-bond acceptors (Lipinski definition) is 10. The van der Waals surface area contributed by atoms with Crippen LogP contribution in [0.1, 0.15) is 0 Å². The fourth-order valence-electron chi connectivity index (χ4n) is 3.81. The van der Waals surface area contributed by atoms with E-state index in [0.29, 0.717) is 25.3 Å². The number of nitrogens with zero attached hydrogens (tertiary/aromatic N) is 4. The molecule has 2 saturated heterocycles. The van der Waals surface area contributed by atoms with Crippen LogP contribution in [-0.2, 0) is 4.79 Å². The van der Waals surface area contributed by atoms with Gasteiger partial charge in [0, 0.05) is 38.9 Å². The van der Waals surface area contributed by atoms with Crippen molar-refractivity contribution >= 4 is 28.9 Å². The molecule has 3 heterocycles. The van der Waals surface area contributed by atoms with E-state index in [4.69, 9.17) is 17.3 Å². The number of aliphatic hydroxyl groups is 1. The third kappa shape index (κ3) is 5.23. The van der Waals surface area contributed by atoms with Gasteiger partial charge in [0.05, 0.1) is 41.8 Å². The topological polar surface area (TPSA) is 148 Å². The van der Waals surface area contributed by atoms with Gasteiger partial charge in [0.15, 0.2) is 6.17 Å². The standard InChI is InChI=1S/C18H29ClN8O3/c1-26-4-5-27(9-12(26)10-28)14-2-3-21-8-13(14)24-18(29)15(16(20)25-30)17-22-6-11(19)7-23-17/h2-3,8,11-12,15-17,22-23,28H,4-7,9-10,20H2,1H3,(H,24,29). The molecule has 6 N–H and O–H groups in total. The second-order valence-corrected chi connectivity index (χ2v) is 8.28. The van der Waals surface area contributed by atoms with Crippen LogP contribution in [0.4, 0.5) is 11.4 Å². The maximum absolute atomic E-state index is 13.1. The number of halogens is 1. The lowest BCUT2D eigenvalue weighted by Gasteiger charge is -2.40. The summed E-state index contributed by atoms with van der Waals surface area (Å²) in [4.78, 5) is 32.6. The molecule has 12 heteroatoms. The van der Waals surface area contributed by atoms with Crippen molar-refractivity contribution < 1.29 is 9.90 Å². The number of pyridine rings is 1. The number of carbonyl (C=O) groups is 1. The number of hydrogen-bond donors (Lipinski definition) is 5. The minimum Gasteiger partial charge on any atom is -0.395 e. The lowest BCUT2D eigenvalue weighted by molar-refractivity contribution is -0.121. The first-order chi connectivity index (χ1) is 14.4. The van der Waals surface area contributed by atoms with Crippen LogP contribution in [0.3, 0.4) is 0 Å². The zero-order valence-electron chi connectivity index (χ0n) is 16.9. The molecule has 1 aromatic rings. The number of aromatic nitrogens is 1. The van der Waals surface area contributed by atoms with Crippen LogP contribution in [0.15, 0.2) is 23.6 Å². The average Bonchev–Trinajstić information content (AvgIpc) is 2.76. The van der Waals surface area contributed by atoms with E-state index in [1.54, 1.807) is 12.4 Å². The van der Waals surface area contributed by atoms with Gasteiger partial charge in [-0.1, -0.05) is 5.18 Å². The number of nitroso groups, excluding NO2 is 1. The van der Waals surface area contributed by atoms with Gasteiger partial charge in [-0.3, -0.25) is 25.3 Å². The quantitative estimate of drug-likeness (QED) is 0.264. The summed E-state index contributed by atoms with van der Waals surface area (Å²) in [5.41, 5.74) is 7.16. The third-order valence-corrected chi connectivity index (χ3v) is 5.96.